The van der Waals surface area contributed by atoms with Crippen molar-refractivity contribution in [3.8, 4) is 11.1 Å². The van der Waals surface area contributed by atoms with Crippen molar-refractivity contribution in [1.82, 2.24) is 41.0 Å². The fourth-order valence-corrected chi connectivity index (χ4v) is 9.15. The zero-order chi connectivity index (χ0) is 66.2. The van der Waals surface area contributed by atoms with Gasteiger partial charge in [-0.05, 0) is 48.1 Å². The minimum Gasteiger partial charge on any atom is -0.481 e. The topological polar surface area (TPSA) is 392 Å². The number of aromatic nitrogens is 1. The number of hydrogen-bond donors (Lipinski definition) is 9. The molecule has 0 aliphatic carbocycles. The highest BCUT2D eigenvalue weighted by Crippen LogP contribution is 2.41. The van der Waals surface area contributed by atoms with Crippen LogP contribution in [-0.4, -0.2) is 212 Å². The maximum Gasteiger partial charge on any atom is 0.326 e. The summed E-state index contributed by atoms with van der Waals surface area (Å²) in [4.78, 5) is 141. The third-order valence-electron chi connectivity index (χ3n) is 13.5. The number of carboxylic acids is 2. The molecule has 28 nitrogen and oxygen atoms in total. The fourth-order valence-electron chi connectivity index (χ4n) is 9.15. The van der Waals surface area contributed by atoms with Crippen LogP contribution in [0.1, 0.15) is 83.0 Å². The molecule has 0 spiro atoms. The lowest BCUT2D eigenvalue weighted by Crippen LogP contribution is -2.56. The first kappa shape index (κ1) is 73.9. The Hall–Kier alpha value is -8.55. The molecule has 2 heterocycles. The van der Waals surface area contributed by atoms with Crippen LogP contribution < -0.4 is 32.3 Å². The highest BCUT2D eigenvalue weighted by Gasteiger charge is 2.39. The molecule has 9 amide bonds. The summed E-state index contributed by atoms with van der Waals surface area (Å²) in [6, 6.07) is 7.77. The van der Waals surface area contributed by atoms with Crippen LogP contribution in [0.4, 0.5) is 8.78 Å². The highest BCUT2D eigenvalue weighted by atomic mass is 19.1. The Morgan fingerprint density at radius 1 is 0.644 bits per heavy atom. The van der Waals surface area contributed by atoms with E-state index in [1.54, 1.807) is 49.7 Å². The monoisotopic (exact) mass is 1270 g/mol. The molecule has 0 saturated carbocycles. The molecule has 4 rings (SSSR count). The standard InChI is InChI=1S/C60H81F2N9O19/c1-60(2,3)56(47-33-40(42-34-41(61)9-10-43(42)62)37-69(47)36-39-7-5-4-6-8-39)71(54(79)38-72)21-16-44(57(82)65-19-15-50(75)66-45(59(84)85)11-14-55(80)81)68-58(83)46(35-48(63)73)67-51(76)18-24-87-27-29-89-31-32-90-30-28-88-25-20-64-49(74)17-23-86-26-22-70-52(77)12-13-53(70)78/h4-10,12-13,33-34,37,44-46,56,72H,11,14-32,35-36,38H2,1-3H3,(H2,63,73)(H,64,74)(H,65,82)(H,66,75)(H,67,76)(H,68,83)(H,80,81)(H,84,85). The van der Waals surface area contributed by atoms with Crippen LogP contribution in [-0.2, 0) is 83.0 Å². The van der Waals surface area contributed by atoms with E-state index in [9.17, 15) is 67.3 Å². The molecule has 4 unspecified atom stereocenters. The van der Waals surface area contributed by atoms with Crippen LogP contribution in [0.2, 0.25) is 0 Å². The van der Waals surface area contributed by atoms with Gasteiger partial charge in [0.25, 0.3) is 11.8 Å². The van der Waals surface area contributed by atoms with Gasteiger partial charge in [0.05, 0.1) is 85.1 Å². The average Bonchev–Trinajstić information content (AvgIpc) is 1.60. The molecule has 4 atom stereocenters. The van der Waals surface area contributed by atoms with Crippen LogP contribution in [0, 0.1) is 17.0 Å². The van der Waals surface area contributed by atoms with Gasteiger partial charge in [0, 0.05) is 87.0 Å². The van der Waals surface area contributed by atoms with Gasteiger partial charge >= 0.3 is 11.9 Å². The lowest BCUT2D eigenvalue weighted by molar-refractivity contribution is -0.143. The van der Waals surface area contributed by atoms with Crippen LogP contribution in [0.3, 0.4) is 0 Å². The van der Waals surface area contributed by atoms with Gasteiger partial charge in [0.15, 0.2) is 0 Å². The van der Waals surface area contributed by atoms with Crippen molar-refractivity contribution in [1.29, 1.82) is 0 Å². The van der Waals surface area contributed by atoms with E-state index in [0.717, 1.165) is 28.7 Å². The molecule has 30 heteroatoms. The Morgan fingerprint density at radius 2 is 1.23 bits per heavy atom. The number of aliphatic hydroxyl groups excluding tert-OH is 1. The predicted octanol–water partition coefficient (Wildman–Crippen LogP) is 0.470. The molecular weight excluding hydrogens is 1190 g/mol. The summed E-state index contributed by atoms with van der Waals surface area (Å²) in [5.74, 6) is -10.9. The summed E-state index contributed by atoms with van der Waals surface area (Å²) in [5.41, 5.74) is 5.95. The molecule has 10 N–H and O–H groups in total. The first-order valence-corrected chi connectivity index (χ1v) is 29.1. The van der Waals surface area contributed by atoms with Gasteiger partial charge in [0.2, 0.25) is 41.4 Å². The Balaban J connectivity index is 1.35. The SMILES string of the molecule is CC(C)(C)C(c1cc(-c2cc(F)ccc2F)cn1Cc1ccccc1)N(CCC(NC(=O)C(CC(N)=O)NC(=O)CCOCCOCCOCCOCCNC(=O)CCOCCN1C(=O)C=CC1=O)C(=O)NCCC(=O)NC(CCC(=O)O)C(=O)O)C(=O)CO. The summed E-state index contributed by atoms with van der Waals surface area (Å²) in [6.07, 6.45) is 1.01. The minimum atomic E-state index is -1.67. The van der Waals surface area contributed by atoms with E-state index >= 15 is 4.39 Å². The molecule has 2 aromatic carbocycles. The largest absolute Gasteiger partial charge is 0.481 e. The van der Waals surface area contributed by atoms with E-state index in [2.05, 4.69) is 26.6 Å². The Morgan fingerprint density at radius 3 is 1.83 bits per heavy atom. The third kappa shape index (κ3) is 26.7. The van der Waals surface area contributed by atoms with Gasteiger partial charge in [-0.3, -0.25) is 52.8 Å². The lowest BCUT2D eigenvalue weighted by Gasteiger charge is -2.41. The minimum absolute atomic E-state index is 0.0541. The van der Waals surface area contributed by atoms with Gasteiger partial charge < -0.3 is 80.8 Å². The van der Waals surface area contributed by atoms with Crippen molar-refractivity contribution >= 4 is 65.1 Å². The van der Waals surface area contributed by atoms with Crippen LogP contribution >= 0.6 is 0 Å². The van der Waals surface area contributed by atoms with Gasteiger partial charge in [-0.2, -0.15) is 0 Å². The summed E-state index contributed by atoms with van der Waals surface area (Å²) in [5, 5.41) is 41.3. The molecule has 1 aliphatic heterocycles. The van der Waals surface area contributed by atoms with E-state index in [4.69, 9.17) is 34.5 Å². The number of ether oxygens (including phenoxy) is 5. The van der Waals surface area contributed by atoms with Crippen LogP contribution in [0.15, 0.2) is 72.9 Å². The smallest absolute Gasteiger partial charge is 0.326 e. The first-order chi connectivity index (χ1) is 42.9. The van der Waals surface area contributed by atoms with Crippen molar-refractivity contribution < 1.29 is 101 Å². The van der Waals surface area contributed by atoms with Crippen molar-refractivity contribution in [3.05, 3.63) is 95.8 Å². The molecule has 0 bridgehead atoms. The molecular formula is C60H81F2N9O19. The number of halogens is 2. The number of carbonyl (C=O) groups excluding carboxylic acids is 9. The molecule has 1 aromatic heterocycles. The number of nitrogens with zero attached hydrogens (tertiary/aromatic N) is 3. The normalized spacial score (nSPS) is 13.5. The second-order valence-corrected chi connectivity index (χ2v) is 21.6. The summed E-state index contributed by atoms with van der Waals surface area (Å²) in [7, 11) is 0. The van der Waals surface area contributed by atoms with Crippen molar-refractivity contribution in [2.24, 2.45) is 11.1 Å². The van der Waals surface area contributed by atoms with Crippen LogP contribution in [0.25, 0.3) is 11.1 Å². The quantitative estimate of drug-likeness (QED) is 0.0274. The zero-order valence-corrected chi connectivity index (χ0v) is 50.5. The van der Waals surface area contributed by atoms with Gasteiger partial charge in [0.1, 0.15) is 36.4 Å². The lowest BCUT2D eigenvalue weighted by atomic mass is 9.82. The van der Waals surface area contributed by atoms with E-state index < -0.39 is 152 Å². The molecule has 0 fully saturated rings. The Bertz CT molecular complexity index is 2920. The number of nitrogens with two attached hydrogens (primary N) is 1. The van der Waals surface area contributed by atoms with Crippen molar-refractivity contribution in [3.63, 3.8) is 0 Å². The van der Waals surface area contributed by atoms with Crippen LogP contribution in [0.5, 0.6) is 0 Å². The Kier molecular flexibility index (Phi) is 31.8. The molecule has 494 valence electrons. The Labute approximate surface area is 518 Å². The van der Waals surface area contributed by atoms with E-state index in [1.807, 2.05) is 18.2 Å². The number of benzene rings is 2. The number of aliphatic hydroxyl groups is 1. The molecule has 90 heavy (non-hydrogen) atoms. The zero-order valence-electron chi connectivity index (χ0n) is 50.5. The second kappa shape index (κ2) is 38.8. The summed E-state index contributed by atoms with van der Waals surface area (Å²) < 4.78 is 59.0. The predicted molar refractivity (Wildman–Crippen MR) is 315 cm³/mol. The number of rotatable bonds is 44. The van der Waals surface area contributed by atoms with Gasteiger partial charge in [-0.1, -0.05) is 51.1 Å². The summed E-state index contributed by atoms with van der Waals surface area (Å²) in [6.45, 7) is 5.36. The maximum atomic E-state index is 15.4. The number of nitrogens with one attached hydrogen (secondary N) is 5. The molecule has 1 aliphatic rings. The van der Waals surface area contributed by atoms with E-state index in [1.165, 1.54) is 17.1 Å². The van der Waals surface area contributed by atoms with E-state index in [0.29, 0.717) is 5.69 Å². The maximum absolute atomic E-state index is 15.4. The molecule has 0 saturated heterocycles. The molecule has 0 radical (unpaired) electrons. The number of carboxylic acid groups (broad SMARTS) is 2. The number of carbonyl (C=O) groups is 11. The second-order valence-electron chi connectivity index (χ2n) is 21.6. The number of aliphatic carboxylic acids is 2. The number of primary amides is 1. The van der Waals surface area contributed by atoms with Gasteiger partial charge in [-0.15, -0.1) is 0 Å². The third-order valence-corrected chi connectivity index (χ3v) is 13.5. The number of amides is 9. The summed E-state index contributed by atoms with van der Waals surface area (Å²) >= 11 is 0. The average molecular weight is 1270 g/mol. The fraction of sp³-hybridized carbons (Fsp3) is 0.517. The number of hydrogen-bond acceptors (Lipinski definition) is 17. The molecule has 3 aromatic rings. The van der Waals surface area contributed by atoms with Gasteiger partial charge in [-0.25, -0.2) is 13.6 Å². The number of imide groups is 1. The van der Waals surface area contributed by atoms with Crippen molar-refractivity contribution in [2.45, 2.75) is 96.4 Å². The highest BCUT2D eigenvalue weighted by molar-refractivity contribution is 6.12. The van der Waals surface area contributed by atoms with E-state index in [-0.39, 0.29) is 116 Å². The first-order valence-electron chi connectivity index (χ1n) is 29.1. The van der Waals surface area contributed by atoms with Crippen molar-refractivity contribution in [2.75, 3.05) is 98.9 Å².